The highest BCUT2D eigenvalue weighted by molar-refractivity contribution is 5.78. The first-order valence-corrected chi connectivity index (χ1v) is 5.22. The molecule has 1 heterocycles. The Balaban J connectivity index is 2.21. The van der Waals surface area contributed by atoms with Crippen LogP contribution in [0.15, 0.2) is 0 Å². The second-order valence-corrected chi connectivity index (χ2v) is 3.62. The molecule has 84 valence electrons. The maximum atomic E-state index is 11.6. The molecule has 4 nitrogen and oxygen atoms in total. The quantitative estimate of drug-likeness (QED) is 0.518. The van der Waals surface area contributed by atoms with Crippen molar-refractivity contribution >= 4 is 5.91 Å². The van der Waals surface area contributed by atoms with E-state index in [9.17, 15) is 4.79 Å². The standard InChI is InChI=1S/C11H18N2O2/c1-3-6-12-9-11(14)13-7-4-10(15-2)5-8-13/h1,10,12H,4-9H2,2H3. The number of terminal acetylenes is 1. The van der Waals surface area contributed by atoms with Crippen molar-refractivity contribution in [1.29, 1.82) is 0 Å². The van der Waals surface area contributed by atoms with Gasteiger partial charge in [-0.2, -0.15) is 0 Å². The van der Waals surface area contributed by atoms with E-state index in [-0.39, 0.29) is 5.91 Å². The van der Waals surface area contributed by atoms with Gasteiger partial charge >= 0.3 is 0 Å². The van der Waals surface area contributed by atoms with E-state index >= 15 is 0 Å². The predicted molar refractivity (Wildman–Crippen MR) is 58.3 cm³/mol. The highest BCUT2D eigenvalue weighted by atomic mass is 16.5. The molecule has 1 aliphatic heterocycles. The molecule has 1 amide bonds. The van der Waals surface area contributed by atoms with Gasteiger partial charge in [0.15, 0.2) is 0 Å². The van der Waals surface area contributed by atoms with Crippen LogP contribution in [0.5, 0.6) is 0 Å². The van der Waals surface area contributed by atoms with Gasteiger partial charge in [-0.25, -0.2) is 0 Å². The number of methoxy groups -OCH3 is 1. The lowest BCUT2D eigenvalue weighted by atomic mass is 10.1. The van der Waals surface area contributed by atoms with Crippen molar-refractivity contribution in [1.82, 2.24) is 10.2 Å². The van der Waals surface area contributed by atoms with Crippen LogP contribution in [0.3, 0.4) is 0 Å². The molecular formula is C11H18N2O2. The van der Waals surface area contributed by atoms with Crippen molar-refractivity contribution in [2.24, 2.45) is 0 Å². The molecule has 0 aromatic carbocycles. The molecule has 0 aliphatic carbocycles. The molecule has 1 aliphatic rings. The highest BCUT2D eigenvalue weighted by Crippen LogP contribution is 2.12. The number of rotatable bonds is 4. The Kier molecular flexibility index (Phi) is 5.16. The largest absolute Gasteiger partial charge is 0.381 e. The summed E-state index contributed by atoms with van der Waals surface area (Å²) in [6.45, 7) is 2.35. The van der Waals surface area contributed by atoms with Crippen LogP contribution in [0.2, 0.25) is 0 Å². The fraction of sp³-hybridized carbons (Fsp3) is 0.727. The van der Waals surface area contributed by atoms with Crippen LogP contribution in [-0.2, 0) is 9.53 Å². The van der Waals surface area contributed by atoms with E-state index in [0.29, 0.717) is 19.2 Å². The number of piperidine rings is 1. The zero-order valence-corrected chi connectivity index (χ0v) is 9.16. The molecule has 1 fully saturated rings. The highest BCUT2D eigenvalue weighted by Gasteiger charge is 2.21. The third-order valence-corrected chi connectivity index (χ3v) is 2.63. The molecule has 1 rings (SSSR count). The van der Waals surface area contributed by atoms with Gasteiger partial charge < -0.3 is 9.64 Å². The maximum absolute atomic E-state index is 11.6. The summed E-state index contributed by atoms with van der Waals surface area (Å²) < 4.78 is 5.24. The number of ether oxygens (including phenoxy) is 1. The van der Waals surface area contributed by atoms with Crippen molar-refractivity contribution in [3.05, 3.63) is 0 Å². The summed E-state index contributed by atoms with van der Waals surface area (Å²) in [4.78, 5) is 13.5. The van der Waals surface area contributed by atoms with Crippen LogP contribution in [0.25, 0.3) is 0 Å². The molecule has 0 saturated carbocycles. The lowest BCUT2D eigenvalue weighted by molar-refractivity contribution is -0.132. The molecule has 0 spiro atoms. The summed E-state index contributed by atoms with van der Waals surface area (Å²) in [5.74, 6) is 2.57. The summed E-state index contributed by atoms with van der Waals surface area (Å²) in [5, 5.41) is 2.90. The lowest BCUT2D eigenvalue weighted by Gasteiger charge is -2.31. The fourth-order valence-corrected chi connectivity index (χ4v) is 1.69. The number of carbonyl (C=O) groups excluding carboxylic acids is 1. The molecule has 1 N–H and O–H groups in total. The number of amides is 1. The van der Waals surface area contributed by atoms with Crippen LogP contribution in [-0.4, -0.2) is 50.2 Å². The SMILES string of the molecule is C#CCNCC(=O)N1CCC(OC)CC1. The molecular weight excluding hydrogens is 192 g/mol. The molecule has 0 radical (unpaired) electrons. The van der Waals surface area contributed by atoms with Crippen LogP contribution < -0.4 is 5.32 Å². The number of nitrogens with one attached hydrogen (secondary N) is 1. The Morgan fingerprint density at radius 2 is 2.27 bits per heavy atom. The first-order valence-electron chi connectivity index (χ1n) is 5.22. The van der Waals surface area contributed by atoms with Crippen LogP contribution >= 0.6 is 0 Å². The number of hydrogen-bond donors (Lipinski definition) is 1. The Labute approximate surface area is 91.0 Å². The summed E-state index contributed by atoms with van der Waals surface area (Å²) in [6.07, 6.45) is 7.24. The van der Waals surface area contributed by atoms with Gasteiger partial charge in [-0.3, -0.25) is 10.1 Å². The second-order valence-electron chi connectivity index (χ2n) is 3.62. The molecule has 0 unspecified atom stereocenters. The van der Waals surface area contributed by atoms with Crippen LogP contribution in [0.1, 0.15) is 12.8 Å². The van der Waals surface area contributed by atoms with Gasteiger partial charge in [-0.05, 0) is 12.8 Å². The average molecular weight is 210 g/mol. The Hall–Kier alpha value is -1.05. The average Bonchev–Trinajstić information content (AvgIpc) is 2.29. The topological polar surface area (TPSA) is 41.6 Å². The van der Waals surface area contributed by atoms with E-state index < -0.39 is 0 Å². The Morgan fingerprint density at radius 1 is 1.60 bits per heavy atom. The molecule has 0 aromatic rings. The van der Waals surface area contributed by atoms with Gasteiger partial charge in [0.05, 0.1) is 19.2 Å². The van der Waals surface area contributed by atoms with E-state index in [1.165, 1.54) is 0 Å². The molecule has 0 bridgehead atoms. The normalized spacial score (nSPS) is 17.5. The summed E-state index contributed by atoms with van der Waals surface area (Å²) in [5.41, 5.74) is 0. The second kappa shape index (κ2) is 6.44. The van der Waals surface area contributed by atoms with Crippen molar-refractivity contribution in [2.75, 3.05) is 33.3 Å². The van der Waals surface area contributed by atoms with Gasteiger partial charge in [0.25, 0.3) is 0 Å². The number of carbonyl (C=O) groups is 1. The minimum Gasteiger partial charge on any atom is -0.381 e. The van der Waals surface area contributed by atoms with E-state index in [1.807, 2.05) is 4.90 Å². The predicted octanol–water partition coefficient (Wildman–Crippen LogP) is -0.153. The Morgan fingerprint density at radius 3 is 2.80 bits per heavy atom. The fourth-order valence-electron chi connectivity index (χ4n) is 1.69. The van der Waals surface area contributed by atoms with Crippen molar-refractivity contribution in [2.45, 2.75) is 18.9 Å². The number of hydrogen-bond acceptors (Lipinski definition) is 3. The summed E-state index contributed by atoms with van der Waals surface area (Å²) >= 11 is 0. The van der Waals surface area contributed by atoms with Crippen LogP contribution in [0.4, 0.5) is 0 Å². The van der Waals surface area contributed by atoms with Gasteiger partial charge in [-0.15, -0.1) is 6.42 Å². The van der Waals surface area contributed by atoms with E-state index in [1.54, 1.807) is 7.11 Å². The van der Waals surface area contributed by atoms with Crippen molar-refractivity contribution < 1.29 is 9.53 Å². The number of nitrogens with zero attached hydrogens (tertiary/aromatic N) is 1. The van der Waals surface area contributed by atoms with Gasteiger partial charge in [0, 0.05) is 20.2 Å². The number of likely N-dealkylation sites (tertiary alicyclic amines) is 1. The minimum atomic E-state index is 0.125. The summed E-state index contributed by atoms with van der Waals surface area (Å²) in [7, 11) is 1.72. The van der Waals surface area contributed by atoms with Crippen molar-refractivity contribution in [3.8, 4) is 12.3 Å². The lowest BCUT2D eigenvalue weighted by Crippen LogP contribution is -2.44. The van der Waals surface area contributed by atoms with Crippen LogP contribution in [0, 0.1) is 12.3 Å². The van der Waals surface area contributed by atoms with Crippen molar-refractivity contribution in [3.63, 3.8) is 0 Å². The zero-order chi connectivity index (χ0) is 11.1. The summed E-state index contributed by atoms with van der Waals surface area (Å²) in [6, 6.07) is 0. The Bertz CT molecular complexity index is 239. The minimum absolute atomic E-state index is 0.125. The van der Waals surface area contributed by atoms with E-state index in [0.717, 1.165) is 25.9 Å². The van der Waals surface area contributed by atoms with E-state index in [2.05, 4.69) is 11.2 Å². The first-order chi connectivity index (χ1) is 7.27. The monoisotopic (exact) mass is 210 g/mol. The third-order valence-electron chi connectivity index (χ3n) is 2.63. The van der Waals surface area contributed by atoms with Gasteiger partial charge in [-0.1, -0.05) is 5.92 Å². The third kappa shape index (κ3) is 3.90. The van der Waals surface area contributed by atoms with E-state index in [4.69, 9.17) is 11.2 Å². The molecule has 15 heavy (non-hydrogen) atoms. The maximum Gasteiger partial charge on any atom is 0.236 e. The molecule has 0 atom stereocenters. The zero-order valence-electron chi connectivity index (χ0n) is 9.16. The molecule has 1 saturated heterocycles. The first kappa shape index (κ1) is 12.0. The van der Waals surface area contributed by atoms with Gasteiger partial charge in [0.2, 0.25) is 5.91 Å². The molecule has 4 heteroatoms. The van der Waals surface area contributed by atoms with Gasteiger partial charge in [0.1, 0.15) is 0 Å². The smallest absolute Gasteiger partial charge is 0.236 e. The molecule has 0 aromatic heterocycles.